The van der Waals surface area contributed by atoms with Crippen molar-refractivity contribution in [1.82, 2.24) is 4.98 Å². The minimum Gasteiger partial charge on any atom is -0.382 e. The number of pyridine rings is 1. The Labute approximate surface area is 95.8 Å². The smallest absolute Gasteiger partial charge is 0.101 e. The second-order valence-electron chi connectivity index (χ2n) is 4.06. The summed E-state index contributed by atoms with van der Waals surface area (Å²) >= 11 is 0. The van der Waals surface area contributed by atoms with Gasteiger partial charge in [-0.1, -0.05) is 12.2 Å². The average Bonchev–Trinajstić information content (AvgIpc) is 2.38. The van der Waals surface area contributed by atoms with E-state index < -0.39 is 0 Å². The fraction of sp³-hybridized carbons (Fsp3) is 0.385. The van der Waals surface area contributed by atoms with Gasteiger partial charge < -0.3 is 5.32 Å². The predicted octanol–water partition coefficient (Wildman–Crippen LogP) is 2.72. The molecule has 1 N–H and O–H groups in total. The fourth-order valence-electron chi connectivity index (χ4n) is 1.93. The first-order valence-electron chi connectivity index (χ1n) is 5.63. The lowest BCUT2D eigenvalue weighted by molar-refractivity contribution is 0.504. The van der Waals surface area contributed by atoms with Crippen LogP contribution < -0.4 is 5.32 Å². The van der Waals surface area contributed by atoms with Gasteiger partial charge in [0.25, 0.3) is 0 Å². The lowest BCUT2D eigenvalue weighted by Gasteiger charge is -2.18. The van der Waals surface area contributed by atoms with Crippen LogP contribution in [0.15, 0.2) is 30.6 Å². The van der Waals surface area contributed by atoms with Gasteiger partial charge in [0.2, 0.25) is 0 Å². The molecule has 0 spiro atoms. The monoisotopic (exact) mass is 213 g/mol. The Hall–Kier alpha value is -1.82. The first kappa shape index (κ1) is 10.7. The number of aromatic nitrogens is 1. The summed E-state index contributed by atoms with van der Waals surface area (Å²) in [5.41, 5.74) is 1.51. The Kier molecular flexibility index (Phi) is 3.55. The van der Waals surface area contributed by atoms with Gasteiger partial charge in [0.05, 0.1) is 17.4 Å². The van der Waals surface area contributed by atoms with Crippen LogP contribution in [0.25, 0.3) is 0 Å². The summed E-state index contributed by atoms with van der Waals surface area (Å²) in [6.45, 7) is 0.921. The van der Waals surface area contributed by atoms with Gasteiger partial charge in [-0.05, 0) is 31.2 Å². The molecule has 0 bridgehead atoms. The van der Waals surface area contributed by atoms with Gasteiger partial charge in [-0.2, -0.15) is 5.26 Å². The van der Waals surface area contributed by atoms with Crippen LogP contribution in [0, 0.1) is 17.2 Å². The maximum absolute atomic E-state index is 8.93. The van der Waals surface area contributed by atoms with E-state index in [2.05, 4.69) is 28.5 Å². The Morgan fingerprint density at radius 2 is 2.44 bits per heavy atom. The molecule has 3 nitrogen and oxygen atoms in total. The minimum atomic E-state index is 0.668. The zero-order valence-electron chi connectivity index (χ0n) is 9.19. The number of hydrogen-bond acceptors (Lipinski definition) is 3. The van der Waals surface area contributed by atoms with Gasteiger partial charge >= 0.3 is 0 Å². The van der Waals surface area contributed by atoms with Crippen LogP contribution in [-0.4, -0.2) is 11.5 Å². The van der Waals surface area contributed by atoms with E-state index >= 15 is 0 Å². The molecular weight excluding hydrogens is 198 g/mol. The third-order valence-electron chi connectivity index (χ3n) is 2.90. The van der Waals surface area contributed by atoms with E-state index in [1.165, 1.54) is 12.8 Å². The highest BCUT2D eigenvalue weighted by atomic mass is 14.9. The third kappa shape index (κ3) is 2.60. The van der Waals surface area contributed by atoms with E-state index in [-0.39, 0.29) is 0 Å². The van der Waals surface area contributed by atoms with Gasteiger partial charge in [-0.3, -0.25) is 4.98 Å². The number of allylic oxidation sites excluding steroid dienone is 2. The highest BCUT2D eigenvalue weighted by Gasteiger charge is 2.10. The number of rotatable bonds is 3. The zero-order chi connectivity index (χ0) is 11.2. The SMILES string of the molecule is N#Cc1ccncc1NCC1CC=CCC1. The number of nitrogens with zero attached hydrogens (tertiary/aromatic N) is 2. The molecule has 2 rings (SSSR count). The van der Waals surface area contributed by atoms with E-state index in [9.17, 15) is 0 Å². The number of nitrogens with one attached hydrogen (secondary N) is 1. The minimum absolute atomic E-state index is 0.668. The molecule has 0 saturated heterocycles. The topological polar surface area (TPSA) is 48.7 Å². The molecule has 0 saturated carbocycles. The van der Waals surface area contributed by atoms with Crippen LogP contribution >= 0.6 is 0 Å². The molecule has 0 radical (unpaired) electrons. The Morgan fingerprint density at radius 1 is 1.50 bits per heavy atom. The van der Waals surface area contributed by atoms with Crippen molar-refractivity contribution in [2.75, 3.05) is 11.9 Å². The Bertz CT molecular complexity index is 417. The van der Waals surface area contributed by atoms with Crippen LogP contribution in [0.3, 0.4) is 0 Å². The summed E-state index contributed by atoms with van der Waals surface area (Å²) in [6, 6.07) is 3.91. The fourth-order valence-corrected chi connectivity index (χ4v) is 1.93. The molecule has 1 atom stereocenters. The molecule has 1 aromatic rings. The van der Waals surface area contributed by atoms with Crippen molar-refractivity contribution in [2.45, 2.75) is 19.3 Å². The first-order chi connectivity index (χ1) is 7.90. The van der Waals surface area contributed by atoms with Crippen molar-refractivity contribution < 1.29 is 0 Å². The summed E-state index contributed by atoms with van der Waals surface area (Å²) in [6.07, 6.45) is 11.4. The van der Waals surface area contributed by atoms with Crippen LogP contribution in [0.1, 0.15) is 24.8 Å². The van der Waals surface area contributed by atoms with Gasteiger partial charge in [-0.15, -0.1) is 0 Å². The highest BCUT2D eigenvalue weighted by molar-refractivity contribution is 5.55. The molecule has 82 valence electrons. The lowest BCUT2D eigenvalue weighted by Crippen LogP contribution is -2.15. The largest absolute Gasteiger partial charge is 0.382 e. The normalized spacial score (nSPS) is 19.1. The summed E-state index contributed by atoms with van der Waals surface area (Å²) in [5, 5.41) is 12.2. The molecule has 1 aliphatic rings. The van der Waals surface area contributed by atoms with Gasteiger partial charge in [-0.25, -0.2) is 0 Å². The zero-order valence-corrected chi connectivity index (χ0v) is 9.19. The van der Waals surface area contributed by atoms with Crippen molar-refractivity contribution in [2.24, 2.45) is 5.92 Å². The molecule has 1 unspecified atom stereocenters. The van der Waals surface area contributed by atoms with E-state index in [1.807, 2.05) is 0 Å². The molecule has 1 heterocycles. The van der Waals surface area contributed by atoms with E-state index in [0.29, 0.717) is 11.5 Å². The molecule has 1 aliphatic carbocycles. The van der Waals surface area contributed by atoms with Crippen LogP contribution in [0.5, 0.6) is 0 Å². The summed E-state index contributed by atoms with van der Waals surface area (Å²) < 4.78 is 0. The number of hydrogen-bond donors (Lipinski definition) is 1. The van der Waals surface area contributed by atoms with Crippen molar-refractivity contribution in [3.05, 3.63) is 36.2 Å². The average molecular weight is 213 g/mol. The van der Waals surface area contributed by atoms with E-state index in [1.54, 1.807) is 18.5 Å². The Balaban J connectivity index is 1.94. The lowest BCUT2D eigenvalue weighted by atomic mass is 9.94. The number of nitriles is 1. The molecular formula is C13H15N3. The van der Waals surface area contributed by atoms with E-state index in [0.717, 1.165) is 18.7 Å². The van der Waals surface area contributed by atoms with Crippen LogP contribution in [-0.2, 0) is 0 Å². The van der Waals surface area contributed by atoms with Crippen LogP contribution in [0.2, 0.25) is 0 Å². The third-order valence-corrected chi connectivity index (χ3v) is 2.90. The van der Waals surface area contributed by atoms with Gasteiger partial charge in [0.1, 0.15) is 6.07 Å². The molecule has 0 aromatic carbocycles. The maximum atomic E-state index is 8.93. The Morgan fingerprint density at radius 3 is 3.19 bits per heavy atom. The second kappa shape index (κ2) is 5.32. The number of anilines is 1. The molecule has 0 aliphatic heterocycles. The molecule has 0 amide bonds. The van der Waals surface area contributed by atoms with Gasteiger partial charge in [0.15, 0.2) is 0 Å². The summed E-state index contributed by atoms with van der Waals surface area (Å²) in [4.78, 5) is 4.03. The molecule has 0 fully saturated rings. The van der Waals surface area contributed by atoms with Crippen molar-refractivity contribution in [1.29, 1.82) is 5.26 Å². The molecule has 1 aromatic heterocycles. The summed E-state index contributed by atoms with van der Waals surface area (Å²) in [5.74, 6) is 0.678. The molecule has 16 heavy (non-hydrogen) atoms. The van der Waals surface area contributed by atoms with Crippen molar-refractivity contribution >= 4 is 5.69 Å². The van der Waals surface area contributed by atoms with Gasteiger partial charge in [0, 0.05) is 12.7 Å². The first-order valence-corrected chi connectivity index (χ1v) is 5.63. The second-order valence-corrected chi connectivity index (χ2v) is 4.06. The maximum Gasteiger partial charge on any atom is 0.101 e. The van der Waals surface area contributed by atoms with Crippen LogP contribution in [0.4, 0.5) is 5.69 Å². The van der Waals surface area contributed by atoms with Crippen molar-refractivity contribution in [3.8, 4) is 6.07 Å². The van der Waals surface area contributed by atoms with Crippen molar-refractivity contribution in [3.63, 3.8) is 0 Å². The quantitative estimate of drug-likeness (QED) is 0.785. The van der Waals surface area contributed by atoms with E-state index in [4.69, 9.17) is 5.26 Å². The molecule has 3 heteroatoms. The standard InChI is InChI=1S/C13H15N3/c14-8-12-6-7-15-10-13(12)16-9-11-4-2-1-3-5-11/h1-2,6-7,10-11,16H,3-5,9H2. The predicted molar refractivity (Wildman–Crippen MR) is 63.9 cm³/mol. The highest BCUT2D eigenvalue weighted by Crippen LogP contribution is 2.19. The summed E-state index contributed by atoms with van der Waals surface area (Å²) in [7, 11) is 0.